The Bertz CT molecular complexity index is 525. The molecule has 0 saturated heterocycles. The molecule has 0 aromatic carbocycles. The predicted octanol–water partition coefficient (Wildman–Crippen LogP) is 2.87. The number of aryl methyl sites for hydroxylation is 1. The molecular formula is C15H25N3O3. The molecule has 0 unspecified atom stereocenters. The summed E-state index contributed by atoms with van der Waals surface area (Å²) in [6, 6.07) is 1.75. The van der Waals surface area contributed by atoms with Crippen molar-refractivity contribution in [1.82, 2.24) is 9.97 Å². The molecule has 118 valence electrons. The van der Waals surface area contributed by atoms with Crippen molar-refractivity contribution in [2.24, 2.45) is 5.41 Å². The van der Waals surface area contributed by atoms with Crippen LogP contribution in [0.15, 0.2) is 6.07 Å². The highest BCUT2D eigenvalue weighted by Crippen LogP contribution is 2.33. The van der Waals surface area contributed by atoms with Crippen molar-refractivity contribution in [3.05, 3.63) is 11.8 Å². The number of hydrogen-bond donors (Lipinski definition) is 2. The lowest BCUT2D eigenvalue weighted by molar-refractivity contribution is -0.149. The van der Waals surface area contributed by atoms with Crippen LogP contribution in [0.2, 0.25) is 0 Å². The number of carboxylic acids is 1. The number of anilines is 1. The third-order valence-corrected chi connectivity index (χ3v) is 3.71. The van der Waals surface area contributed by atoms with Crippen LogP contribution >= 0.6 is 0 Å². The van der Waals surface area contributed by atoms with Gasteiger partial charge in [0.25, 0.3) is 0 Å². The summed E-state index contributed by atoms with van der Waals surface area (Å²) in [4.78, 5) is 20.0. The highest BCUT2D eigenvalue weighted by atomic mass is 16.5. The Balaban J connectivity index is 3.07. The van der Waals surface area contributed by atoms with E-state index in [1.807, 2.05) is 34.6 Å². The van der Waals surface area contributed by atoms with Crippen LogP contribution < -0.4 is 10.1 Å². The Hall–Kier alpha value is -1.85. The van der Waals surface area contributed by atoms with Gasteiger partial charge in [0.2, 0.25) is 11.8 Å². The van der Waals surface area contributed by atoms with E-state index in [4.69, 9.17) is 4.74 Å². The fraction of sp³-hybridized carbons (Fsp3) is 0.667. The van der Waals surface area contributed by atoms with E-state index in [-0.39, 0.29) is 6.10 Å². The van der Waals surface area contributed by atoms with Gasteiger partial charge >= 0.3 is 5.97 Å². The van der Waals surface area contributed by atoms with Gasteiger partial charge in [0.15, 0.2) is 0 Å². The summed E-state index contributed by atoms with van der Waals surface area (Å²) in [6.45, 7) is 12.7. The molecular weight excluding hydrogens is 270 g/mol. The highest BCUT2D eigenvalue weighted by molar-refractivity contribution is 5.76. The Morgan fingerprint density at radius 3 is 2.33 bits per heavy atom. The summed E-state index contributed by atoms with van der Waals surface area (Å²) in [5, 5.41) is 12.5. The standard InChI is InChI=1S/C15H25N3O3/c1-9(2)21-11-8-10(3)16-13(17-11)18-15(6,7)14(4,5)12(19)20/h8-9H,1-7H3,(H,19,20)(H,16,17,18). The molecule has 0 aliphatic carbocycles. The van der Waals surface area contributed by atoms with Crippen LogP contribution in [0.25, 0.3) is 0 Å². The zero-order chi connectivity index (χ0) is 16.4. The van der Waals surface area contributed by atoms with Crippen LogP contribution in [-0.2, 0) is 4.79 Å². The van der Waals surface area contributed by atoms with E-state index < -0.39 is 16.9 Å². The van der Waals surface area contributed by atoms with Crippen molar-refractivity contribution in [2.45, 2.75) is 60.1 Å². The summed E-state index contributed by atoms with van der Waals surface area (Å²) in [5.41, 5.74) is -0.965. The van der Waals surface area contributed by atoms with E-state index in [9.17, 15) is 9.90 Å². The molecule has 0 radical (unpaired) electrons. The number of nitrogens with one attached hydrogen (secondary N) is 1. The van der Waals surface area contributed by atoms with Gasteiger partial charge in [-0.1, -0.05) is 0 Å². The molecule has 0 amide bonds. The van der Waals surface area contributed by atoms with E-state index in [2.05, 4.69) is 15.3 Å². The fourth-order valence-electron chi connectivity index (χ4n) is 1.60. The maximum atomic E-state index is 11.4. The number of rotatable bonds is 6. The normalized spacial score (nSPS) is 12.4. The number of ether oxygens (including phenoxy) is 1. The van der Waals surface area contributed by atoms with Crippen LogP contribution in [0.3, 0.4) is 0 Å². The zero-order valence-electron chi connectivity index (χ0n) is 13.8. The van der Waals surface area contributed by atoms with Gasteiger partial charge in [-0.05, 0) is 48.5 Å². The monoisotopic (exact) mass is 295 g/mol. The van der Waals surface area contributed by atoms with Crippen LogP contribution in [0.5, 0.6) is 5.88 Å². The SMILES string of the molecule is Cc1cc(OC(C)C)nc(NC(C)(C)C(C)(C)C(=O)O)n1. The van der Waals surface area contributed by atoms with E-state index in [0.717, 1.165) is 5.69 Å². The van der Waals surface area contributed by atoms with Gasteiger partial charge in [-0.2, -0.15) is 4.98 Å². The second-order valence-electron chi connectivity index (χ2n) is 6.52. The second kappa shape index (κ2) is 5.87. The molecule has 1 aromatic heterocycles. The average molecular weight is 295 g/mol. The number of carbonyl (C=O) groups is 1. The van der Waals surface area contributed by atoms with Crippen molar-refractivity contribution in [3.8, 4) is 5.88 Å². The number of aliphatic carboxylic acids is 1. The van der Waals surface area contributed by atoms with Crippen molar-refractivity contribution >= 4 is 11.9 Å². The van der Waals surface area contributed by atoms with Gasteiger partial charge in [-0.3, -0.25) is 4.79 Å². The molecule has 1 aromatic rings. The van der Waals surface area contributed by atoms with Crippen LogP contribution in [0.4, 0.5) is 5.95 Å². The number of aromatic nitrogens is 2. The number of carboxylic acid groups (broad SMARTS) is 1. The highest BCUT2D eigenvalue weighted by Gasteiger charge is 2.44. The summed E-state index contributed by atoms with van der Waals surface area (Å²) >= 11 is 0. The van der Waals surface area contributed by atoms with E-state index >= 15 is 0 Å². The van der Waals surface area contributed by atoms with Crippen molar-refractivity contribution < 1.29 is 14.6 Å². The topological polar surface area (TPSA) is 84.3 Å². The predicted molar refractivity (Wildman–Crippen MR) is 81.7 cm³/mol. The quantitative estimate of drug-likeness (QED) is 0.839. The Kier molecular flexibility index (Phi) is 4.81. The lowest BCUT2D eigenvalue weighted by Crippen LogP contribution is -2.51. The van der Waals surface area contributed by atoms with Gasteiger partial charge in [-0.15, -0.1) is 0 Å². The Labute approximate surface area is 126 Å². The minimum atomic E-state index is -0.987. The van der Waals surface area contributed by atoms with E-state index in [1.54, 1.807) is 19.9 Å². The third-order valence-electron chi connectivity index (χ3n) is 3.71. The molecule has 6 nitrogen and oxygen atoms in total. The molecule has 0 spiro atoms. The van der Waals surface area contributed by atoms with E-state index in [0.29, 0.717) is 11.8 Å². The zero-order valence-corrected chi connectivity index (χ0v) is 13.8. The first-order chi connectivity index (χ1) is 9.45. The van der Waals surface area contributed by atoms with Gasteiger partial charge < -0.3 is 15.2 Å². The molecule has 1 rings (SSSR count). The Morgan fingerprint density at radius 1 is 1.29 bits per heavy atom. The summed E-state index contributed by atoms with van der Waals surface area (Å²) in [5.74, 6) is -0.0415. The van der Waals surface area contributed by atoms with E-state index in [1.165, 1.54) is 0 Å². The average Bonchev–Trinajstić information content (AvgIpc) is 2.25. The first kappa shape index (κ1) is 17.2. The van der Waals surface area contributed by atoms with Gasteiger partial charge in [0.05, 0.1) is 17.1 Å². The molecule has 0 fully saturated rings. The molecule has 1 heterocycles. The number of nitrogens with zero attached hydrogens (tertiary/aromatic N) is 2. The molecule has 0 bridgehead atoms. The smallest absolute Gasteiger partial charge is 0.311 e. The lowest BCUT2D eigenvalue weighted by atomic mass is 9.74. The van der Waals surface area contributed by atoms with Gasteiger partial charge in [0.1, 0.15) is 0 Å². The molecule has 0 aliphatic rings. The van der Waals surface area contributed by atoms with Crippen LogP contribution in [-0.4, -0.2) is 32.7 Å². The Morgan fingerprint density at radius 2 is 1.86 bits per heavy atom. The van der Waals surface area contributed by atoms with Gasteiger partial charge in [0, 0.05) is 11.8 Å². The maximum absolute atomic E-state index is 11.4. The molecule has 6 heteroatoms. The second-order valence-corrected chi connectivity index (χ2v) is 6.52. The first-order valence-electron chi connectivity index (χ1n) is 6.99. The molecule has 21 heavy (non-hydrogen) atoms. The van der Waals surface area contributed by atoms with Gasteiger partial charge in [-0.25, -0.2) is 4.98 Å². The lowest BCUT2D eigenvalue weighted by Gasteiger charge is -2.38. The minimum absolute atomic E-state index is 0.00983. The maximum Gasteiger partial charge on any atom is 0.311 e. The minimum Gasteiger partial charge on any atom is -0.481 e. The summed E-state index contributed by atoms with van der Waals surface area (Å²) < 4.78 is 5.58. The van der Waals surface area contributed by atoms with Crippen LogP contribution in [0, 0.1) is 12.3 Å². The third kappa shape index (κ3) is 4.06. The first-order valence-corrected chi connectivity index (χ1v) is 6.99. The molecule has 0 saturated carbocycles. The van der Waals surface area contributed by atoms with Crippen LogP contribution in [0.1, 0.15) is 47.2 Å². The fourth-order valence-corrected chi connectivity index (χ4v) is 1.60. The summed E-state index contributed by atoms with van der Waals surface area (Å²) in [7, 11) is 0. The number of hydrogen-bond acceptors (Lipinski definition) is 5. The molecule has 2 N–H and O–H groups in total. The summed E-state index contributed by atoms with van der Waals surface area (Å²) in [6.07, 6.45) is 0.00983. The van der Waals surface area contributed by atoms with Crippen molar-refractivity contribution in [2.75, 3.05) is 5.32 Å². The van der Waals surface area contributed by atoms with Crippen molar-refractivity contribution in [3.63, 3.8) is 0 Å². The van der Waals surface area contributed by atoms with Crippen molar-refractivity contribution in [1.29, 1.82) is 0 Å². The largest absolute Gasteiger partial charge is 0.481 e. The molecule has 0 aliphatic heterocycles. The molecule has 0 atom stereocenters.